The number of nitrogens with zero attached hydrogens (tertiary/aromatic N) is 1. The van der Waals surface area contributed by atoms with Crippen LogP contribution in [0.25, 0.3) is 0 Å². The van der Waals surface area contributed by atoms with Crippen LogP contribution < -0.4 is 0 Å². The highest BCUT2D eigenvalue weighted by Gasteiger charge is 2.32. The Balaban J connectivity index is 2.32. The zero-order chi connectivity index (χ0) is 11.1. The Morgan fingerprint density at radius 2 is 2.33 bits per heavy atom. The molecular formula is C8H10N2O4S. The maximum atomic E-state index is 11.2. The predicted octanol–water partition coefficient (Wildman–Crippen LogP) is 0.0100. The fourth-order valence-electron chi connectivity index (χ4n) is 1.80. The Hall–Kier alpha value is -1.37. The Morgan fingerprint density at radius 3 is 2.87 bits per heavy atom. The number of rotatable bonds is 2. The van der Waals surface area contributed by atoms with E-state index in [9.17, 15) is 13.2 Å². The van der Waals surface area contributed by atoms with Gasteiger partial charge in [-0.3, -0.25) is 5.10 Å². The average Bonchev–Trinajstić information content (AvgIpc) is 2.69. The van der Waals surface area contributed by atoms with Crippen molar-refractivity contribution in [2.75, 3.05) is 11.5 Å². The Bertz CT molecular complexity index is 490. The minimum absolute atomic E-state index is 0.00940. The van der Waals surface area contributed by atoms with E-state index in [0.717, 1.165) is 0 Å². The summed E-state index contributed by atoms with van der Waals surface area (Å²) in [6, 6.07) is 0. The van der Waals surface area contributed by atoms with Gasteiger partial charge in [0.05, 0.1) is 23.4 Å². The fraction of sp³-hybridized carbons (Fsp3) is 0.500. The summed E-state index contributed by atoms with van der Waals surface area (Å²) in [7, 11) is -3.00. The van der Waals surface area contributed by atoms with Crippen molar-refractivity contribution in [3.05, 3.63) is 17.5 Å². The van der Waals surface area contributed by atoms with Gasteiger partial charge in [-0.15, -0.1) is 0 Å². The minimum atomic E-state index is -3.00. The van der Waals surface area contributed by atoms with E-state index in [-0.39, 0.29) is 23.0 Å². The third kappa shape index (κ3) is 1.87. The number of aromatic carboxylic acids is 1. The number of carboxylic acid groups (broad SMARTS) is 1. The van der Waals surface area contributed by atoms with Crippen molar-refractivity contribution in [3.8, 4) is 0 Å². The quantitative estimate of drug-likeness (QED) is 0.745. The lowest BCUT2D eigenvalue weighted by Gasteiger charge is -2.05. The van der Waals surface area contributed by atoms with Crippen LogP contribution in [-0.4, -0.2) is 41.2 Å². The highest BCUT2D eigenvalue weighted by molar-refractivity contribution is 7.91. The molecule has 1 atom stereocenters. The molecule has 1 aromatic rings. The van der Waals surface area contributed by atoms with Gasteiger partial charge in [0, 0.05) is 5.92 Å². The lowest BCUT2D eigenvalue weighted by molar-refractivity contribution is 0.0695. The van der Waals surface area contributed by atoms with E-state index in [1.165, 1.54) is 6.20 Å². The minimum Gasteiger partial charge on any atom is -0.478 e. The van der Waals surface area contributed by atoms with Crippen LogP contribution in [0.1, 0.15) is 28.4 Å². The van der Waals surface area contributed by atoms with Gasteiger partial charge in [-0.2, -0.15) is 5.10 Å². The molecular weight excluding hydrogens is 220 g/mol. The molecule has 15 heavy (non-hydrogen) atoms. The van der Waals surface area contributed by atoms with E-state index in [4.69, 9.17) is 5.11 Å². The second kappa shape index (κ2) is 3.34. The number of sulfone groups is 1. The van der Waals surface area contributed by atoms with Crippen LogP contribution in [0.5, 0.6) is 0 Å². The lowest BCUT2D eigenvalue weighted by atomic mass is 10.0. The van der Waals surface area contributed by atoms with Gasteiger partial charge in [-0.25, -0.2) is 13.2 Å². The van der Waals surface area contributed by atoms with Crippen molar-refractivity contribution in [1.82, 2.24) is 10.2 Å². The fourth-order valence-corrected chi connectivity index (χ4v) is 3.56. The number of carbonyl (C=O) groups is 1. The van der Waals surface area contributed by atoms with Crippen LogP contribution in [0.4, 0.5) is 0 Å². The van der Waals surface area contributed by atoms with Gasteiger partial charge in [0.2, 0.25) is 0 Å². The average molecular weight is 230 g/mol. The van der Waals surface area contributed by atoms with Crippen LogP contribution in [-0.2, 0) is 9.84 Å². The molecule has 0 radical (unpaired) electrons. The molecule has 0 spiro atoms. The standard InChI is InChI=1S/C8H10N2O4S/c11-8(12)6-3-9-10-7(6)5-1-2-15(13,14)4-5/h3,5H,1-2,4H2,(H,9,10)(H,11,12). The maximum Gasteiger partial charge on any atom is 0.339 e. The first-order valence-electron chi connectivity index (χ1n) is 4.46. The Labute approximate surface area is 86.2 Å². The van der Waals surface area contributed by atoms with E-state index in [1.54, 1.807) is 0 Å². The molecule has 2 N–H and O–H groups in total. The summed E-state index contributed by atoms with van der Waals surface area (Å²) in [5.74, 6) is -1.21. The van der Waals surface area contributed by atoms with Crippen molar-refractivity contribution < 1.29 is 18.3 Å². The molecule has 6 nitrogen and oxygen atoms in total. The molecule has 2 heterocycles. The van der Waals surface area contributed by atoms with E-state index >= 15 is 0 Å². The summed E-state index contributed by atoms with van der Waals surface area (Å²) >= 11 is 0. The Kier molecular flexibility index (Phi) is 2.26. The SMILES string of the molecule is O=C(O)c1cn[nH]c1C1CCS(=O)(=O)C1. The summed E-state index contributed by atoms with van der Waals surface area (Å²) < 4.78 is 22.5. The third-order valence-electron chi connectivity index (χ3n) is 2.54. The molecule has 1 aromatic heterocycles. The van der Waals surface area contributed by atoms with Crippen molar-refractivity contribution in [3.63, 3.8) is 0 Å². The molecule has 7 heteroatoms. The predicted molar refractivity (Wildman–Crippen MR) is 51.6 cm³/mol. The monoisotopic (exact) mass is 230 g/mol. The second-order valence-electron chi connectivity index (χ2n) is 3.60. The van der Waals surface area contributed by atoms with E-state index in [0.29, 0.717) is 12.1 Å². The second-order valence-corrected chi connectivity index (χ2v) is 5.83. The van der Waals surface area contributed by atoms with E-state index in [1.807, 2.05) is 0 Å². The zero-order valence-electron chi connectivity index (χ0n) is 7.80. The number of H-pyrrole nitrogens is 1. The van der Waals surface area contributed by atoms with Crippen LogP contribution in [0.2, 0.25) is 0 Å². The van der Waals surface area contributed by atoms with E-state index < -0.39 is 15.8 Å². The summed E-state index contributed by atoms with van der Waals surface area (Å²) in [5, 5.41) is 15.0. The largest absolute Gasteiger partial charge is 0.478 e. The molecule has 1 saturated heterocycles. The molecule has 0 amide bonds. The van der Waals surface area contributed by atoms with Crippen molar-refractivity contribution in [2.24, 2.45) is 0 Å². The molecule has 0 aromatic carbocycles. The van der Waals surface area contributed by atoms with Gasteiger partial charge in [-0.1, -0.05) is 0 Å². The van der Waals surface area contributed by atoms with Gasteiger partial charge in [-0.05, 0) is 6.42 Å². The van der Waals surface area contributed by atoms with Gasteiger partial charge in [0.15, 0.2) is 9.84 Å². The topological polar surface area (TPSA) is 100 Å². The zero-order valence-corrected chi connectivity index (χ0v) is 8.62. The van der Waals surface area contributed by atoms with Crippen LogP contribution in [0.3, 0.4) is 0 Å². The van der Waals surface area contributed by atoms with Crippen molar-refractivity contribution in [1.29, 1.82) is 0 Å². The van der Waals surface area contributed by atoms with Crippen LogP contribution >= 0.6 is 0 Å². The number of aromatic amines is 1. The molecule has 1 aliphatic heterocycles. The van der Waals surface area contributed by atoms with Crippen LogP contribution in [0, 0.1) is 0 Å². The first-order chi connectivity index (χ1) is 6.99. The number of aromatic nitrogens is 2. The first-order valence-corrected chi connectivity index (χ1v) is 6.29. The van der Waals surface area contributed by atoms with Gasteiger partial charge < -0.3 is 5.11 Å². The van der Waals surface area contributed by atoms with Gasteiger partial charge in [0.1, 0.15) is 5.56 Å². The molecule has 2 rings (SSSR count). The normalized spacial score (nSPS) is 24.1. The highest BCUT2D eigenvalue weighted by atomic mass is 32.2. The van der Waals surface area contributed by atoms with Crippen molar-refractivity contribution in [2.45, 2.75) is 12.3 Å². The summed E-state index contributed by atoms with van der Waals surface area (Å²) in [6.45, 7) is 0. The Morgan fingerprint density at radius 1 is 1.60 bits per heavy atom. The number of hydrogen-bond donors (Lipinski definition) is 2. The number of hydrogen-bond acceptors (Lipinski definition) is 4. The lowest BCUT2D eigenvalue weighted by Crippen LogP contribution is -2.08. The molecule has 1 aliphatic rings. The highest BCUT2D eigenvalue weighted by Crippen LogP contribution is 2.29. The molecule has 1 fully saturated rings. The van der Waals surface area contributed by atoms with Crippen molar-refractivity contribution >= 4 is 15.8 Å². The number of nitrogens with one attached hydrogen (secondary N) is 1. The molecule has 0 bridgehead atoms. The number of carboxylic acids is 1. The summed E-state index contributed by atoms with van der Waals surface area (Å²) in [5.41, 5.74) is 0.487. The molecule has 0 saturated carbocycles. The molecule has 1 unspecified atom stereocenters. The van der Waals surface area contributed by atoms with Gasteiger partial charge in [0.25, 0.3) is 0 Å². The smallest absolute Gasteiger partial charge is 0.339 e. The summed E-state index contributed by atoms with van der Waals surface area (Å²) in [6.07, 6.45) is 1.67. The molecule has 0 aliphatic carbocycles. The third-order valence-corrected chi connectivity index (χ3v) is 4.31. The van der Waals surface area contributed by atoms with Gasteiger partial charge >= 0.3 is 5.97 Å². The molecule has 82 valence electrons. The van der Waals surface area contributed by atoms with Crippen LogP contribution in [0.15, 0.2) is 6.20 Å². The summed E-state index contributed by atoms with van der Waals surface area (Å²) in [4.78, 5) is 10.8. The first kappa shape index (κ1) is 10.2. The van der Waals surface area contributed by atoms with E-state index in [2.05, 4.69) is 10.2 Å². The maximum absolute atomic E-state index is 11.2.